The first-order valence-electron chi connectivity index (χ1n) is 10.0. The van der Waals surface area contributed by atoms with Crippen LogP contribution in [0.3, 0.4) is 0 Å². The lowest BCUT2D eigenvalue weighted by atomic mass is 10.1. The molecule has 1 aliphatic heterocycles. The highest BCUT2D eigenvalue weighted by atomic mass is 79.9. The lowest BCUT2D eigenvalue weighted by Gasteiger charge is -2.19. The Morgan fingerprint density at radius 2 is 1.57 bits per heavy atom. The van der Waals surface area contributed by atoms with Crippen LogP contribution in [0.25, 0.3) is 10.8 Å². The Labute approximate surface area is 189 Å². The van der Waals surface area contributed by atoms with Crippen LogP contribution in [0.1, 0.15) is 16.4 Å². The molecule has 1 fully saturated rings. The highest BCUT2D eigenvalue weighted by molar-refractivity contribution is 9.10. The Bertz CT molecular complexity index is 1180. The largest absolute Gasteiger partial charge is 0.345 e. The minimum Gasteiger partial charge on any atom is -0.345 e. The van der Waals surface area contributed by atoms with Crippen molar-refractivity contribution in [2.75, 3.05) is 6.54 Å². The van der Waals surface area contributed by atoms with Crippen LogP contribution in [0.4, 0.5) is 5.69 Å². The van der Waals surface area contributed by atoms with Gasteiger partial charge in [0, 0.05) is 22.9 Å². The van der Waals surface area contributed by atoms with E-state index in [0.29, 0.717) is 5.25 Å². The minimum atomic E-state index is 0.385. The van der Waals surface area contributed by atoms with E-state index in [2.05, 4.69) is 118 Å². The summed E-state index contributed by atoms with van der Waals surface area (Å²) in [7, 11) is 0. The zero-order valence-corrected chi connectivity index (χ0v) is 18.8. The van der Waals surface area contributed by atoms with Crippen molar-refractivity contribution in [2.45, 2.75) is 11.8 Å². The molecule has 1 heterocycles. The summed E-state index contributed by atoms with van der Waals surface area (Å²) in [5, 5.41) is 3.89. The number of fused-ring (bicyclic) bond motifs is 1. The quantitative estimate of drug-likeness (QED) is 0.304. The molecule has 1 saturated heterocycles. The van der Waals surface area contributed by atoms with Gasteiger partial charge in [-0.1, -0.05) is 107 Å². The summed E-state index contributed by atoms with van der Waals surface area (Å²) in [6, 6.07) is 34.1. The molecule has 148 valence electrons. The Hall–Kier alpha value is -2.56. The number of thioether (sulfide) groups is 1. The summed E-state index contributed by atoms with van der Waals surface area (Å²) in [4.78, 5) is 7.56. The second kappa shape index (κ2) is 8.66. The van der Waals surface area contributed by atoms with Gasteiger partial charge < -0.3 is 4.90 Å². The van der Waals surface area contributed by atoms with E-state index < -0.39 is 0 Å². The van der Waals surface area contributed by atoms with Crippen LogP contribution in [0, 0.1) is 0 Å². The van der Waals surface area contributed by atoms with E-state index in [-0.39, 0.29) is 0 Å². The van der Waals surface area contributed by atoms with Crippen molar-refractivity contribution in [3.63, 3.8) is 0 Å². The smallest absolute Gasteiger partial charge is 0.165 e. The van der Waals surface area contributed by atoms with E-state index in [1.807, 2.05) is 11.8 Å². The predicted molar refractivity (Wildman–Crippen MR) is 132 cm³/mol. The SMILES string of the molecule is Brc1ccc(CN2C[C@@H](c3ccccc3)SC2=Nc2cccc3ccccc23)cc1. The molecule has 1 aliphatic rings. The fourth-order valence-electron chi connectivity index (χ4n) is 3.81. The van der Waals surface area contributed by atoms with Crippen molar-refractivity contribution in [2.24, 2.45) is 4.99 Å². The normalized spacial score (nSPS) is 17.7. The van der Waals surface area contributed by atoms with Crippen molar-refractivity contribution in [3.8, 4) is 0 Å². The van der Waals surface area contributed by atoms with Crippen LogP contribution < -0.4 is 0 Å². The van der Waals surface area contributed by atoms with Gasteiger partial charge in [0.25, 0.3) is 0 Å². The van der Waals surface area contributed by atoms with Crippen LogP contribution in [-0.4, -0.2) is 16.6 Å². The summed E-state index contributed by atoms with van der Waals surface area (Å²) in [6.45, 7) is 1.81. The standard InChI is InChI=1S/C26H21BrN2S/c27-22-15-13-19(14-16-22)17-29-18-25(21-8-2-1-3-9-21)30-26(29)28-24-12-6-10-20-7-4-5-11-23(20)24/h1-16,25H,17-18H2/t25-/m0/s1. The number of halogens is 1. The molecule has 2 nitrogen and oxygen atoms in total. The average Bonchev–Trinajstić information content (AvgIpc) is 3.18. The molecule has 4 aromatic carbocycles. The monoisotopic (exact) mass is 472 g/mol. The van der Waals surface area contributed by atoms with Gasteiger partial charge in [0.15, 0.2) is 5.17 Å². The van der Waals surface area contributed by atoms with E-state index in [0.717, 1.165) is 28.4 Å². The molecule has 0 unspecified atom stereocenters. The van der Waals surface area contributed by atoms with Crippen molar-refractivity contribution in [3.05, 3.63) is 113 Å². The molecule has 0 saturated carbocycles. The first-order valence-corrected chi connectivity index (χ1v) is 11.7. The summed E-state index contributed by atoms with van der Waals surface area (Å²) in [5.41, 5.74) is 3.68. The molecule has 4 heteroatoms. The maximum Gasteiger partial charge on any atom is 0.165 e. The molecule has 5 rings (SSSR count). The Balaban J connectivity index is 1.52. The number of rotatable bonds is 4. The Morgan fingerprint density at radius 3 is 2.40 bits per heavy atom. The number of nitrogens with zero attached hydrogens (tertiary/aromatic N) is 2. The Morgan fingerprint density at radius 1 is 0.833 bits per heavy atom. The maximum absolute atomic E-state index is 5.15. The van der Waals surface area contributed by atoms with Gasteiger partial charge in [0.05, 0.1) is 10.9 Å². The molecule has 0 spiro atoms. The third-order valence-corrected chi connectivity index (χ3v) is 7.14. The molecule has 4 aromatic rings. The van der Waals surface area contributed by atoms with Gasteiger partial charge >= 0.3 is 0 Å². The second-order valence-corrected chi connectivity index (χ2v) is 9.50. The van der Waals surface area contributed by atoms with E-state index in [4.69, 9.17) is 4.99 Å². The van der Waals surface area contributed by atoms with Crippen molar-refractivity contribution < 1.29 is 0 Å². The fraction of sp³-hybridized carbons (Fsp3) is 0.115. The summed E-state index contributed by atoms with van der Waals surface area (Å²) in [6.07, 6.45) is 0. The van der Waals surface area contributed by atoms with Gasteiger partial charge in [-0.25, -0.2) is 4.99 Å². The van der Waals surface area contributed by atoms with Gasteiger partial charge in [-0.15, -0.1) is 0 Å². The molecule has 1 atom stereocenters. The van der Waals surface area contributed by atoms with Crippen LogP contribution >= 0.6 is 27.7 Å². The molecule has 0 amide bonds. The van der Waals surface area contributed by atoms with E-state index >= 15 is 0 Å². The first-order chi connectivity index (χ1) is 14.8. The van der Waals surface area contributed by atoms with E-state index in [1.54, 1.807) is 0 Å². The van der Waals surface area contributed by atoms with Crippen LogP contribution in [0.15, 0.2) is 107 Å². The lowest BCUT2D eigenvalue weighted by molar-refractivity contribution is 0.434. The molecule has 0 bridgehead atoms. The van der Waals surface area contributed by atoms with Crippen molar-refractivity contribution in [1.82, 2.24) is 4.90 Å². The zero-order valence-electron chi connectivity index (χ0n) is 16.4. The Kier molecular flexibility index (Phi) is 5.60. The van der Waals surface area contributed by atoms with Gasteiger partial charge in [-0.3, -0.25) is 0 Å². The highest BCUT2D eigenvalue weighted by Gasteiger charge is 2.30. The van der Waals surface area contributed by atoms with Crippen LogP contribution in [-0.2, 0) is 6.54 Å². The third-order valence-electron chi connectivity index (χ3n) is 5.35. The molecular formula is C26H21BrN2S. The van der Waals surface area contributed by atoms with Crippen molar-refractivity contribution in [1.29, 1.82) is 0 Å². The molecule has 30 heavy (non-hydrogen) atoms. The molecular weight excluding hydrogens is 452 g/mol. The number of hydrogen-bond acceptors (Lipinski definition) is 2. The van der Waals surface area contributed by atoms with E-state index in [9.17, 15) is 0 Å². The van der Waals surface area contributed by atoms with Gasteiger partial charge in [0.1, 0.15) is 0 Å². The number of amidine groups is 1. The topological polar surface area (TPSA) is 15.6 Å². The van der Waals surface area contributed by atoms with E-state index in [1.165, 1.54) is 21.9 Å². The van der Waals surface area contributed by atoms with Crippen LogP contribution in [0.5, 0.6) is 0 Å². The predicted octanol–water partition coefficient (Wildman–Crippen LogP) is 7.58. The van der Waals surface area contributed by atoms with Gasteiger partial charge in [0.2, 0.25) is 0 Å². The highest BCUT2D eigenvalue weighted by Crippen LogP contribution is 2.40. The third kappa shape index (κ3) is 4.16. The van der Waals surface area contributed by atoms with Gasteiger partial charge in [-0.05, 0) is 34.7 Å². The summed E-state index contributed by atoms with van der Waals surface area (Å²) < 4.78 is 1.11. The second-order valence-electron chi connectivity index (χ2n) is 7.42. The molecule has 0 aromatic heterocycles. The number of hydrogen-bond donors (Lipinski definition) is 0. The lowest BCUT2D eigenvalue weighted by Crippen LogP contribution is -2.24. The number of aliphatic imine (C=N–C) groups is 1. The van der Waals surface area contributed by atoms with Crippen molar-refractivity contribution >= 4 is 49.3 Å². The number of benzene rings is 4. The fourth-order valence-corrected chi connectivity index (χ4v) is 5.31. The molecule has 0 aliphatic carbocycles. The molecule has 0 radical (unpaired) electrons. The molecule has 0 N–H and O–H groups in total. The maximum atomic E-state index is 5.15. The van der Waals surface area contributed by atoms with Gasteiger partial charge in [-0.2, -0.15) is 0 Å². The minimum absolute atomic E-state index is 0.385. The zero-order chi connectivity index (χ0) is 20.3. The average molecular weight is 473 g/mol. The van der Waals surface area contributed by atoms with Crippen LogP contribution in [0.2, 0.25) is 0 Å². The summed E-state index contributed by atoms with van der Waals surface area (Å²) in [5.74, 6) is 0. The summed E-state index contributed by atoms with van der Waals surface area (Å²) >= 11 is 5.40. The first kappa shape index (κ1) is 19.4.